The summed E-state index contributed by atoms with van der Waals surface area (Å²) in [6.45, 7) is 11.8. The van der Waals surface area contributed by atoms with Gasteiger partial charge in [0, 0.05) is 0 Å². The van der Waals surface area contributed by atoms with Gasteiger partial charge in [0.1, 0.15) is 5.60 Å². The third kappa shape index (κ3) is 5.31. The van der Waals surface area contributed by atoms with Crippen molar-refractivity contribution < 1.29 is 19.2 Å². The molecule has 5 heteroatoms. The molecule has 0 saturated heterocycles. The zero-order chi connectivity index (χ0) is 12.8. The summed E-state index contributed by atoms with van der Waals surface area (Å²) in [5.41, 5.74) is -0.700. The van der Waals surface area contributed by atoms with Crippen LogP contribution in [0, 0.1) is 0 Å². The normalized spacial score (nSPS) is 10.4. The van der Waals surface area contributed by atoms with E-state index in [1.54, 1.807) is 20.8 Å². The number of rotatable bonds is 4. The van der Waals surface area contributed by atoms with Crippen molar-refractivity contribution in [3.05, 3.63) is 25.3 Å². The number of ether oxygens (including phenoxy) is 1. The molecular formula is C11H17NO4. The van der Waals surface area contributed by atoms with Crippen molar-refractivity contribution in [3.63, 3.8) is 0 Å². The summed E-state index contributed by atoms with van der Waals surface area (Å²) in [7, 11) is 0. The Morgan fingerprint density at radius 1 is 1.31 bits per heavy atom. The molecule has 0 fully saturated rings. The standard InChI is InChI=1S/C11H17NO4/c1-6-8-15-12(9(13)7-2)10(14)16-11(3,4)5/h6-7H,1-2,8H2,3-5H3. The molecule has 0 unspecified atom stereocenters. The van der Waals surface area contributed by atoms with Gasteiger partial charge < -0.3 is 4.74 Å². The van der Waals surface area contributed by atoms with Crippen molar-refractivity contribution in [1.82, 2.24) is 5.06 Å². The van der Waals surface area contributed by atoms with E-state index in [1.165, 1.54) is 6.08 Å². The number of hydroxylamine groups is 2. The lowest BCUT2D eigenvalue weighted by Gasteiger charge is -2.24. The maximum absolute atomic E-state index is 11.5. The highest BCUT2D eigenvalue weighted by Gasteiger charge is 2.26. The van der Waals surface area contributed by atoms with E-state index in [0.717, 1.165) is 6.08 Å². The minimum atomic E-state index is -0.876. The molecule has 90 valence electrons. The van der Waals surface area contributed by atoms with Gasteiger partial charge in [-0.3, -0.25) is 9.63 Å². The molecule has 0 heterocycles. The van der Waals surface area contributed by atoms with E-state index in [9.17, 15) is 9.59 Å². The van der Waals surface area contributed by atoms with Crippen molar-refractivity contribution in [1.29, 1.82) is 0 Å². The number of hydrogen-bond acceptors (Lipinski definition) is 4. The molecule has 0 aliphatic heterocycles. The molecule has 0 N–H and O–H groups in total. The zero-order valence-corrected chi connectivity index (χ0v) is 9.86. The van der Waals surface area contributed by atoms with Crippen LogP contribution in [0.4, 0.5) is 4.79 Å². The molecule has 0 spiro atoms. The fourth-order valence-electron chi connectivity index (χ4n) is 0.720. The number of hydrogen-bond donors (Lipinski definition) is 0. The number of amides is 2. The summed E-state index contributed by atoms with van der Waals surface area (Å²) in [6.07, 6.45) is 1.50. The summed E-state index contributed by atoms with van der Waals surface area (Å²) in [4.78, 5) is 27.7. The minimum Gasteiger partial charge on any atom is -0.442 e. The summed E-state index contributed by atoms with van der Waals surface area (Å²) in [5.74, 6) is -0.684. The maximum atomic E-state index is 11.5. The van der Waals surface area contributed by atoms with E-state index < -0.39 is 17.6 Å². The SMILES string of the molecule is C=CCON(C(=O)C=C)C(=O)OC(C)(C)C. The number of carbonyl (C=O) groups excluding carboxylic acids is 2. The van der Waals surface area contributed by atoms with Crippen molar-refractivity contribution in [2.24, 2.45) is 0 Å². The lowest BCUT2D eigenvalue weighted by atomic mass is 10.2. The molecular weight excluding hydrogens is 210 g/mol. The van der Waals surface area contributed by atoms with Crippen molar-refractivity contribution >= 4 is 12.0 Å². The second-order valence-corrected chi connectivity index (χ2v) is 3.90. The van der Waals surface area contributed by atoms with Crippen LogP contribution >= 0.6 is 0 Å². The highest BCUT2D eigenvalue weighted by Crippen LogP contribution is 2.10. The van der Waals surface area contributed by atoms with Crippen molar-refractivity contribution in [2.45, 2.75) is 26.4 Å². The average molecular weight is 227 g/mol. The lowest BCUT2D eigenvalue weighted by Crippen LogP contribution is -2.40. The van der Waals surface area contributed by atoms with Crippen molar-refractivity contribution in [2.75, 3.05) is 6.61 Å². The van der Waals surface area contributed by atoms with Crippen LogP contribution in [0.25, 0.3) is 0 Å². The van der Waals surface area contributed by atoms with Gasteiger partial charge in [-0.25, -0.2) is 4.79 Å². The van der Waals surface area contributed by atoms with E-state index in [1.807, 2.05) is 0 Å². The van der Waals surface area contributed by atoms with Gasteiger partial charge in [-0.15, -0.1) is 11.6 Å². The van der Waals surface area contributed by atoms with Gasteiger partial charge in [-0.1, -0.05) is 12.7 Å². The molecule has 0 aromatic carbocycles. The molecule has 0 aliphatic rings. The fraction of sp³-hybridized carbons (Fsp3) is 0.455. The zero-order valence-electron chi connectivity index (χ0n) is 9.86. The van der Waals surface area contributed by atoms with Crippen LogP contribution in [0.1, 0.15) is 20.8 Å². The lowest BCUT2D eigenvalue weighted by molar-refractivity contribution is -0.169. The van der Waals surface area contributed by atoms with E-state index in [0.29, 0.717) is 5.06 Å². The molecule has 0 rings (SSSR count). The Labute approximate surface area is 95.3 Å². The van der Waals surface area contributed by atoms with Gasteiger partial charge >= 0.3 is 6.09 Å². The van der Waals surface area contributed by atoms with Crippen molar-refractivity contribution in [3.8, 4) is 0 Å². The van der Waals surface area contributed by atoms with E-state index in [2.05, 4.69) is 13.2 Å². The molecule has 0 saturated carbocycles. The summed E-state index contributed by atoms with van der Waals surface area (Å²) in [6, 6.07) is 0. The molecule has 0 aliphatic carbocycles. The third-order valence-corrected chi connectivity index (χ3v) is 1.26. The van der Waals surface area contributed by atoms with E-state index in [-0.39, 0.29) is 6.61 Å². The first kappa shape index (κ1) is 14.4. The molecule has 0 aromatic rings. The molecule has 2 amide bonds. The molecule has 0 aromatic heterocycles. The van der Waals surface area contributed by atoms with Gasteiger partial charge in [-0.05, 0) is 26.8 Å². The van der Waals surface area contributed by atoms with Crippen LogP contribution < -0.4 is 0 Å². The van der Waals surface area contributed by atoms with Gasteiger partial charge in [0.25, 0.3) is 5.91 Å². The van der Waals surface area contributed by atoms with Gasteiger partial charge in [0.15, 0.2) is 0 Å². The van der Waals surface area contributed by atoms with Crippen LogP contribution in [-0.4, -0.2) is 29.3 Å². The molecule has 0 atom stereocenters. The molecule has 16 heavy (non-hydrogen) atoms. The van der Waals surface area contributed by atoms with Gasteiger partial charge in [-0.2, -0.15) is 0 Å². The first-order chi connectivity index (χ1) is 7.31. The van der Waals surface area contributed by atoms with Gasteiger partial charge in [0.2, 0.25) is 0 Å². The topological polar surface area (TPSA) is 55.8 Å². The van der Waals surface area contributed by atoms with Crippen LogP contribution in [0.5, 0.6) is 0 Å². The quantitative estimate of drug-likeness (QED) is 0.419. The maximum Gasteiger partial charge on any atom is 0.442 e. The van der Waals surface area contributed by atoms with E-state index >= 15 is 0 Å². The summed E-state index contributed by atoms with van der Waals surface area (Å²) < 4.78 is 4.98. The average Bonchev–Trinajstić information content (AvgIpc) is 2.15. The van der Waals surface area contributed by atoms with E-state index in [4.69, 9.17) is 9.57 Å². The number of nitrogens with zero attached hydrogens (tertiary/aromatic N) is 1. The fourth-order valence-corrected chi connectivity index (χ4v) is 0.720. The number of carbonyl (C=O) groups is 2. The third-order valence-electron chi connectivity index (χ3n) is 1.26. The molecule has 0 radical (unpaired) electrons. The van der Waals surface area contributed by atoms with Crippen LogP contribution in [0.3, 0.4) is 0 Å². The Balaban J connectivity index is 4.62. The Kier molecular flexibility index (Phi) is 5.46. The Bertz CT molecular complexity index is 291. The first-order valence-electron chi connectivity index (χ1n) is 4.75. The summed E-state index contributed by atoms with van der Waals surface area (Å²) in [5, 5.41) is 0.514. The van der Waals surface area contributed by atoms with Gasteiger partial charge in [0.05, 0.1) is 6.61 Å². The Morgan fingerprint density at radius 3 is 2.25 bits per heavy atom. The highest BCUT2D eigenvalue weighted by atomic mass is 16.7. The van der Waals surface area contributed by atoms with Crippen LogP contribution in [0.2, 0.25) is 0 Å². The summed E-state index contributed by atoms with van der Waals surface area (Å²) >= 11 is 0. The van der Waals surface area contributed by atoms with Crippen LogP contribution in [0.15, 0.2) is 25.3 Å². The smallest absolute Gasteiger partial charge is 0.442 e. The largest absolute Gasteiger partial charge is 0.442 e. The first-order valence-corrected chi connectivity index (χ1v) is 4.75. The predicted molar refractivity (Wildman–Crippen MR) is 59.4 cm³/mol. The monoisotopic (exact) mass is 227 g/mol. The Hall–Kier alpha value is -1.62. The minimum absolute atomic E-state index is 0.0266. The Morgan fingerprint density at radius 2 is 1.88 bits per heavy atom. The molecule has 0 bridgehead atoms. The molecule has 5 nitrogen and oxygen atoms in total. The number of imide groups is 1. The van der Waals surface area contributed by atoms with Crippen LogP contribution in [-0.2, 0) is 14.4 Å². The highest BCUT2D eigenvalue weighted by molar-refractivity contribution is 5.97. The second kappa shape index (κ2) is 6.07. The predicted octanol–water partition coefficient (Wildman–Crippen LogP) is 2.05. The second-order valence-electron chi connectivity index (χ2n) is 3.90.